The van der Waals surface area contributed by atoms with Crippen LogP contribution in [0.3, 0.4) is 0 Å². The van der Waals surface area contributed by atoms with Gasteiger partial charge in [-0.05, 0) is 12.6 Å². The van der Waals surface area contributed by atoms with E-state index in [-0.39, 0.29) is 6.04 Å². The van der Waals surface area contributed by atoms with Crippen LogP contribution >= 0.6 is 0 Å². The lowest BCUT2D eigenvalue weighted by atomic mass is 10.2. The average Bonchev–Trinajstić information content (AvgIpc) is 1.88. The van der Waals surface area contributed by atoms with Crippen LogP contribution in [0.4, 0.5) is 0 Å². The normalized spacial score (nSPS) is 25.9. The zero-order valence-electron chi connectivity index (χ0n) is 5.94. The standard InChI is InChI=1S/C6H10N4/c1-10-4-2-3-6(5-10)8-9-7/h2-3,6H,4-5H2,1H3. The van der Waals surface area contributed by atoms with E-state index >= 15 is 0 Å². The minimum absolute atomic E-state index is 0.0312. The molecule has 0 aromatic heterocycles. The first-order chi connectivity index (χ1) is 4.83. The molecular weight excluding hydrogens is 128 g/mol. The zero-order valence-corrected chi connectivity index (χ0v) is 5.94. The Balaban J connectivity index is 2.54. The lowest BCUT2D eigenvalue weighted by Crippen LogP contribution is -2.30. The number of azide groups is 1. The van der Waals surface area contributed by atoms with Crippen LogP contribution in [-0.4, -0.2) is 31.1 Å². The molecule has 0 aromatic carbocycles. The molecule has 1 atom stereocenters. The Morgan fingerprint density at radius 3 is 3.20 bits per heavy atom. The fourth-order valence-corrected chi connectivity index (χ4v) is 0.994. The van der Waals surface area contributed by atoms with Crippen LogP contribution in [0, 0.1) is 0 Å². The highest BCUT2D eigenvalue weighted by Gasteiger charge is 2.08. The van der Waals surface area contributed by atoms with Crippen LogP contribution < -0.4 is 0 Å². The smallest absolute Gasteiger partial charge is 0.0682 e. The van der Waals surface area contributed by atoms with Gasteiger partial charge < -0.3 is 4.90 Å². The van der Waals surface area contributed by atoms with Crippen LogP contribution in [0.2, 0.25) is 0 Å². The van der Waals surface area contributed by atoms with E-state index in [9.17, 15) is 0 Å². The first kappa shape index (κ1) is 7.12. The molecule has 10 heavy (non-hydrogen) atoms. The van der Waals surface area contributed by atoms with Gasteiger partial charge in [-0.2, -0.15) is 0 Å². The second kappa shape index (κ2) is 3.25. The third kappa shape index (κ3) is 1.76. The summed E-state index contributed by atoms with van der Waals surface area (Å²) in [6, 6.07) is 0.0312. The zero-order chi connectivity index (χ0) is 7.40. The highest BCUT2D eigenvalue weighted by atomic mass is 15.2. The van der Waals surface area contributed by atoms with Crippen LogP contribution in [-0.2, 0) is 0 Å². The molecule has 1 heterocycles. The van der Waals surface area contributed by atoms with Gasteiger partial charge in [-0.3, -0.25) is 0 Å². The molecule has 0 spiro atoms. The Morgan fingerprint density at radius 2 is 2.60 bits per heavy atom. The van der Waals surface area contributed by atoms with E-state index in [2.05, 4.69) is 14.9 Å². The molecule has 0 bridgehead atoms. The quantitative estimate of drug-likeness (QED) is 0.232. The Hall–Kier alpha value is -0.990. The summed E-state index contributed by atoms with van der Waals surface area (Å²) in [6.07, 6.45) is 3.96. The van der Waals surface area contributed by atoms with Crippen molar-refractivity contribution in [1.29, 1.82) is 0 Å². The summed E-state index contributed by atoms with van der Waals surface area (Å²) in [5, 5.41) is 3.59. The molecule has 0 saturated carbocycles. The van der Waals surface area contributed by atoms with Gasteiger partial charge in [-0.15, -0.1) is 0 Å². The van der Waals surface area contributed by atoms with E-state index in [1.54, 1.807) is 0 Å². The number of hydrogen-bond acceptors (Lipinski definition) is 2. The lowest BCUT2D eigenvalue weighted by molar-refractivity contribution is 0.345. The van der Waals surface area contributed by atoms with Crippen molar-refractivity contribution in [2.75, 3.05) is 20.1 Å². The minimum atomic E-state index is 0.0312. The third-order valence-electron chi connectivity index (χ3n) is 1.47. The number of hydrogen-bond donors (Lipinski definition) is 0. The van der Waals surface area contributed by atoms with E-state index < -0.39 is 0 Å². The second-order valence-corrected chi connectivity index (χ2v) is 2.42. The molecule has 0 saturated heterocycles. The Kier molecular flexibility index (Phi) is 2.31. The van der Waals surface area contributed by atoms with E-state index in [0.29, 0.717) is 0 Å². The van der Waals surface area contributed by atoms with Gasteiger partial charge >= 0.3 is 0 Å². The Morgan fingerprint density at radius 1 is 1.80 bits per heavy atom. The maximum Gasteiger partial charge on any atom is 0.0682 e. The van der Waals surface area contributed by atoms with Gasteiger partial charge in [-0.1, -0.05) is 17.3 Å². The van der Waals surface area contributed by atoms with E-state index in [4.69, 9.17) is 5.53 Å². The monoisotopic (exact) mass is 138 g/mol. The first-order valence-electron chi connectivity index (χ1n) is 3.22. The van der Waals surface area contributed by atoms with Crippen molar-refractivity contribution >= 4 is 0 Å². The summed E-state index contributed by atoms with van der Waals surface area (Å²) in [6.45, 7) is 1.79. The van der Waals surface area contributed by atoms with Gasteiger partial charge in [0.25, 0.3) is 0 Å². The molecule has 1 rings (SSSR count). The van der Waals surface area contributed by atoms with Crippen molar-refractivity contribution in [2.24, 2.45) is 5.11 Å². The van der Waals surface area contributed by atoms with Crippen molar-refractivity contribution in [1.82, 2.24) is 4.90 Å². The summed E-state index contributed by atoms with van der Waals surface area (Å²) < 4.78 is 0. The SMILES string of the molecule is CN1CC=CC(N=[N+]=[N-])C1. The number of nitrogens with zero attached hydrogens (tertiary/aromatic N) is 4. The second-order valence-electron chi connectivity index (χ2n) is 2.42. The molecule has 0 radical (unpaired) electrons. The molecule has 0 amide bonds. The molecule has 0 aromatic rings. The molecule has 0 aliphatic carbocycles. The van der Waals surface area contributed by atoms with E-state index in [1.165, 1.54) is 0 Å². The molecule has 0 fully saturated rings. The van der Waals surface area contributed by atoms with Crippen molar-refractivity contribution < 1.29 is 0 Å². The topological polar surface area (TPSA) is 52.0 Å². The van der Waals surface area contributed by atoms with Gasteiger partial charge in [0.2, 0.25) is 0 Å². The highest BCUT2D eigenvalue weighted by molar-refractivity contribution is 5.00. The predicted molar refractivity (Wildman–Crippen MR) is 39.6 cm³/mol. The van der Waals surface area contributed by atoms with Crippen LogP contribution in [0.5, 0.6) is 0 Å². The van der Waals surface area contributed by atoms with Crippen molar-refractivity contribution in [2.45, 2.75) is 6.04 Å². The van der Waals surface area contributed by atoms with Crippen molar-refractivity contribution in [3.05, 3.63) is 22.6 Å². The Bertz CT molecular complexity index is 180. The molecule has 4 nitrogen and oxygen atoms in total. The van der Waals surface area contributed by atoms with Gasteiger partial charge in [0.15, 0.2) is 0 Å². The maximum absolute atomic E-state index is 8.11. The maximum atomic E-state index is 8.11. The summed E-state index contributed by atoms with van der Waals surface area (Å²) in [5.41, 5.74) is 8.11. The molecule has 4 heteroatoms. The third-order valence-corrected chi connectivity index (χ3v) is 1.47. The van der Waals surface area contributed by atoms with Gasteiger partial charge in [0.1, 0.15) is 0 Å². The summed E-state index contributed by atoms with van der Waals surface area (Å²) >= 11 is 0. The van der Waals surface area contributed by atoms with Crippen LogP contribution in [0.1, 0.15) is 0 Å². The molecule has 1 unspecified atom stereocenters. The van der Waals surface area contributed by atoms with Crippen LogP contribution in [0.15, 0.2) is 17.3 Å². The fourth-order valence-electron chi connectivity index (χ4n) is 0.994. The average molecular weight is 138 g/mol. The van der Waals surface area contributed by atoms with Gasteiger partial charge in [0, 0.05) is 18.0 Å². The summed E-state index contributed by atoms with van der Waals surface area (Å²) in [7, 11) is 2.00. The molecule has 0 N–H and O–H groups in total. The first-order valence-corrected chi connectivity index (χ1v) is 3.22. The van der Waals surface area contributed by atoms with Crippen molar-refractivity contribution in [3.8, 4) is 0 Å². The van der Waals surface area contributed by atoms with E-state index in [1.807, 2.05) is 19.2 Å². The fraction of sp³-hybridized carbons (Fsp3) is 0.667. The largest absolute Gasteiger partial charge is 0.302 e. The number of likely N-dealkylation sites (N-methyl/N-ethyl adjacent to an activating group) is 1. The molecule has 1 aliphatic heterocycles. The van der Waals surface area contributed by atoms with Gasteiger partial charge in [-0.25, -0.2) is 0 Å². The lowest BCUT2D eigenvalue weighted by Gasteiger charge is -2.21. The number of rotatable bonds is 1. The highest BCUT2D eigenvalue weighted by Crippen LogP contribution is 2.02. The molecule has 1 aliphatic rings. The minimum Gasteiger partial charge on any atom is -0.302 e. The van der Waals surface area contributed by atoms with E-state index in [0.717, 1.165) is 13.1 Å². The van der Waals surface area contributed by atoms with Crippen LogP contribution in [0.25, 0.3) is 10.4 Å². The van der Waals surface area contributed by atoms with Gasteiger partial charge in [0.05, 0.1) is 6.04 Å². The summed E-state index contributed by atoms with van der Waals surface area (Å²) in [5.74, 6) is 0. The molecule has 54 valence electrons. The predicted octanol–water partition coefficient (Wildman–Crippen LogP) is 1.17. The summed E-state index contributed by atoms with van der Waals surface area (Å²) in [4.78, 5) is 4.85. The Labute approximate surface area is 59.8 Å². The molecular formula is C6H10N4. The van der Waals surface area contributed by atoms with Crippen molar-refractivity contribution in [3.63, 3.8) is 0 Å².